The largest absolute Gasteiger partial charge is 0.492 e. The smallest absolute Gasteiger partial charge is 0.293 e. The molecular weight excluding hydrogens is 450 g/mol. The van der Waals surface area contributed by atoms with Crippen molar-refractivity contribution in [2.75, 3.05) is 32.8 Å². The fraction of sp³-hybridized carbons (Fsp3) is 0.261. The van der Waals surface area contributed by atoms with Gasteiger partial charge in [0.25, 0.3) is 11.1 Å². The number of nitrogens with zero attached hydrogens (tertiary/aromatic N) is 2. The van der Waals surface area contributed by atoms with Gasteiger partial charge in [-0.2, -0.15) is 0 Å². The van der Waals surface area contributed by atoms with Crippen LogP contribution in [0.4, 0.5) is 4.79 Å². The summed E-state index contributed by atoms with van der Waals surface area (Å²) >= 11 is 7.01. The van der Waals surface area contributed by atoms with Gasteiger partial charge in [-0.3, -0.25) is 24.2 Å². The highest BCUT2D eigenvalue weighted by atomic mass is 35.5. The highest BCUT2D eigenvalue weighted by Gasteiger charge is 2.34. The average molecular weight is 472 g/mol. The van der Waals surface area contributed by atoms with Crippen molar-refractivity contribution >= 4 is 46.5 Å². The molecule has 166 valence electrons. The molecule has 32 heavy (non-hydrogen) atoms. The van der Waals surface area contributed by atoms with E-state index in [0.717, 1.165) is 28.0 Å². The lowest BCUT2D eigenvalue weighted by atomic mass is 10.2. The first-order valence-corrected chi connectivity index (χ1v) is 11.4. The third-order valence-electron chi connectivity index (χ3n) is 5.12. The first-order chi connectivity index (χ1) is 15.5. The number of hydrogen-bond donors (Lipinski definition) is 1. The third kappa shape index (κ3) is 5.32. The summed E-state index contributed by atoms with van der Waals surface area (Å²) in [6.45, 7) is 2.29. The summed E-state index contributed by atoms with van der Waals surface area (Å²) in [6.07, 6.45) is 1.62. The predicted octanol–water partition coefficient (Wildman–Crippen LogP) is 3.39. The van der Waals surface area contributed by atoms with E-state index in [2.05, 4.69) is 5.32 Å². The Bertz CT molecular complexity index is 1070. The molecule has 2 aromatic carbocycles. The van der Waals surface area contributed by atoms with Crippen LogP contribution in [0.1, 0.15) is 11.1 Å². The van der Waals surface area contributed by atoms with Gasteiger partial charge in [0.2, 0.25) is 5.91 Å². The van der Waals surface area contributed by atoms with Crippen molar-refractivity contribution in [2.24, 2.45) is 0 Å². The van der Waals surface area contributed by atoms with E-state index < -0.39 is 0 Å². The maximum Gasteiger partial charge on any atom is 0.293 e. The Hall–Kier alpha value is -2.81. The molecule has 1 saturated heterocycles. The monoisotopic (exact) mass is 471 g/mol. The number of imide groups is 1. The zero-order valence-electron chi connectivity index (χ0n) is 17.3. The van der Waals surface area contributed by atoms with Crippen LogP contribution in [0.5, 0.6) is 5.75 Å². The minimum Gasteiger partial charge on any atom is -0.492 e. The lowest BCUT2D eigenvalue weighted by Crippen LogP contribution is -2.42. The lowest BCUT2D eigenvalue weighted by molar-refractivity contribution is -0.124. The van der Waals surface area contributed by atoms with Crippen LogP contribution < -0.4 is 10.1 Å². The van der Waals surface area contributed by atoms with Crippen molar-refractivity contribution in [3.05, 3.63) is 69.6 Å². The highest BCUT2D eigenvalue weighted by Crippen LogP contribution is 2.33. The van der Waals surface area contributed by atoms with Crippen molar-refractivity contribution < 1.29 is 19.1 Å². The van der Waals surface area contributed by atoms with Crippen LogP contribution in [0.2, 0.25) is 5.02 Å². The molecule has 2 aliphatic rings. The van der Waals surface area contributed by atoms with E-state index in [4.69, 9.17) is 16.3 Å². The Kier molecular flexibility index (Phi) is 7.14. The number of carbonyl (C=O) groups is 3. The molecule has 1 fully saturated rings. The summed E-state index contributed by atoms with van der Waals surface area (Å²) in [5.41, 5.74) is 1.72. The van der Waals surface area contributed by atoms with Crippen LogP contribution in [-0.4, -0.2) is 59.6 Å². The van der Waals surface area contributed by atoms with Crippen LogP contribution in [0.3, 0.4) is 0 Å². The summed E-state index contributed by atoms with van der Waals surface area (Å²) in [4.78, 5) is 40.8. The van der Waals surface area contributed by atoms with Gasteiger partial charge in [0.1, 0.15) is 12.4 Å². The molecule has 0 atom stereocenters. The summed E-state index contributed by atoms with van der Waals surface area (Å²) in [6, 6.07) is 14.9. The quantitative estimate of drug-likeness (QED) is 0.651. The SMILES string of the molecule is O=C(CN1CCOc2ccccc2C1)NCCN1C(=O)S/C(=C\c2ccccc2Cl)C1=O. The molecule has 9 heteroatoms. The number of thioether (sulfide) groups is 1. The molecule has 2 aromatic rings. The van der Waals surface area contributed by atoms with E-state index in [1.54, 1.807) is 24.3 Å². The van der Waals surface area contributed by atoms with Crippen LogP contribution in [0, 0.1) is 0 Å². The molecule has 3 amide bonds. The normalized spacial score (nSPS) is 17.8. The molecule has 2 aliphatic heterocycles. The minimum absolute atomic E-state index is 0.113. The second kappa shape index (κ2) is 10.2. The fourth-order valence-electron chi connectivity index (χ4n) is 3.51. The van der Waals surface area contributed by atoms with Crippen molar-refractivity contribution in [3.63, 3.8) is 0 Å². The second-order valence-corrected chi connectivity index (χ2v) is 8.77. The van der Waals surface area contributed by atoms with E-state index in [0.29, 0.717) is 35.2 Å². The third-order valence-corrected chi connectivity index (χ3v) is 6.37. The molecule has 0 saturated carbocycles. The molecule has 0 spiro atoms. The number of ether oxygens (including phenoxy) is 1. The Morgan fingerprint density at radius 1 is 1.16 bits per heavy atom. The number of amides is 3. The standard InChI is InChI=1S/C23H22ClN3O4S/c24-18-7-3-1-5-16(18)13-20-22(29)27(23(30)32-20)10-9-25-21(28)15-26-11-12-31-19-8-4-2-6-17(19)14-26/h1-8,13H,9-12,14-15H2,(H,25,28)/b20-13-. The zero-order chi connectivity index (χ0) is 22.5. The lowest BCUT2D eigenvalue weighted by Gasteiger charge is -2.19. The van der Waals surface area contributed by atoms with Crippen molar-refractivity contribution in [3.8, 4) is 5.75 Å². The van der Waals surface area contributed by atoms with E-state index >= 15 is 0 Å². The number of rotatable bonds is 6. The average Bonchev–Trinajstić information content (AvgIpc) is 2.92. The molecule has 0 aromatic heterocycles. The van der Waals surface area contributed by atoms with Gasteiger partial charge in [-0.1, -0.05) is 48.0 Å². The molecular formula is C23H22ClN3O4S. The van der Waals surface area contributed by atoms with Gasteiger partial charge in [0.15, 0.2) is 0 Å². The molecule has 7 nitrogen and oxygen atoms in total. The van der Waals surface area contributed by atoms with Crippen molar-refractivity contribution in [2.45, 2.75) is 6.54 Å². The van der Waals surface area contributed by atoms with Gasteiger partial charge in [0.05, 0.1) is 11.4 Å². The molecule has 0 aliphatic carbocycles. The second-order valence-electron chi connectivity index (χ2n) is 7.37. The molecule has 0 radical (unpaired) electrons. The van der Waals surface area contributed by atoms with Crippen LogP contribution in [0.15, 0.2) is 53.4 Å². The van der Waals surface area contributed by atoms with Gasteiger partial charge in [0, 0.05) is 36.8 Å². The van der Waals surface area contributed by atoms with Crippen LogP contribution in [-0.2, 0) is 16.1 Å². The summed E-state index contributed by atoms with van der Waals surface area (Å²) < 4.78 is 5.72. The van der Waals surface area contributed by atoms with Crippen molar-refractivity contribution in [1.82, 2.24) is 15.1 Å². The Morgan fingerprint density at radius 2 is 1.94 bits per heavy atom. The van der Waals surface area contributed by atoms with Crippen LogP contribution >= 0.6 is 23.4 Å². The summed E-state index contributed by atoms with van der Waals surface area (Å²) in [5, 5.41) is 2.95. The molecule has 0 bridgehead atoms. The molecule has 2 heterocycles. The molecule has 4 rings (SSSR count). The van der Waals surface area contributed by atoms with E-state index in [1.165, 1.54) is 0 Å². The van der Waals surface area contributed by atoms with Gasteiger partial charge in [-0.25, -0.2) is 0 Å². The Balaban J connectivity index is 1.28. The maximum atomic E-state index is 12.6. The number of para-hydroxylation sites is 1. The minimum atomic E-state index is -0.379. The number of carbonyl (C=O) groups excluding carboxylic acids is 3. The van der Waals surface area contributed by atoms with Gasteiger partial charge in [-0.05, 0) is 35.5 Å². The topological polar surface area (TPSA) is 79.0 Å². The number of fused-ring (bicyclic) bond motifs is 1. The number of hydrogen-bond acceptors (Lipinski definition) is 6. The predicted molar refractivity (Wildman–Crippen MR) is 124 cm³/mol. The first kappa shape index (κ1) is 22.4. The van der Waals surface area contributed by atoms with Gasteiger partial charge >= 0.3 is 0 Å². The number of nitrogens with one attached hydrogen (secondary N) is 1. The summed E-state index contributed by atoms with van der Waals surface area (Å²) in [7, 11) is 0. The fourth-order valence-corrected chi connectivity index (χ4v) is 4.55. The van der Waals surface area contributed by atoms with Gasteiger partial charge < -0.3 is 10.1 Å². The van der Waals surface area contributed by atoms with Crippen LogP contribution in [0.25, 0.3) is 6.08 Å². The highest BCUT2D eigenvalue weighted by molar-refractivity contribution is 8.18. The van der Waals surface area contributed by atoms with E-state index in [1.807, 2.05) is 35.2 Å². The Morgan fingerprint density at radius 3 is 2.78 bits per heavy atom. The molecule has 1 N–H and O–H groups in total. The number of benzene rings is 2. The summed E-state index contributed by atoms with van der Waals surface area (Å²) in [5.74, 6) is 0.304. The van der Waals surface area contributed by atoms with Gasteiger partial charge in [-0.15, -0.1) is 0 Å². The van der Waals surface area contributed by atoms with Crippen molar-refractivity contribution in [1.29, 1.82) is 0 Å². The van der Waals surface area contributed by atoms with E-state index in [9.17, 15) is 14.4 Å². The van der Waals surface area contributed by atoms with E-state index in [-0.39, 0.29) is 36.7 Å². The zero-order valence-corrected chi connectivity index (χ0v) is 18.8. The first-order valence-electron chi connectivity index (χ1n) is 10.2. The number of halogens is 1. The molecule has 0 unspecified atom stereocenters. The Labute approximate surface area is 195 Å². The maximum absolute atomic E-state index is 12.6.